The van der Waals surface area contributed by atoms with E-state index in [4.69, 9.17) is 5.11 Å². The van der Waals surface area contributed by atoms with Crippen LogP contribution in [0.15, 0.2) is 18.7 Å². The lowest BCUT2D eigenvalue weighted by Crippen LogP contribution is -2.33. The van der Waals surface area contributed by atoms with Gasteiger partial charge in [0.05, 0.1) is 6.33 Å². The highest BCUT2D eigenvalue weighted by molar-refractivity contribution is 5.70. The predicted octanol–water partition coefficient (Wildman–Crippen LogP) is 1.15. The summed E-state index contributed by atoms with van der Waals surface area (Å²) < 4.78 is 37.5. The fourth-order valence-corrected chi connectivity index (χ4v) is 0.927. The van der Waals surface area contributed by atoms with E-state index in [2.05, 4.69) is 4.98 Å². The third-order valence-electron chi connectivity index (χ3n) is 1.65. The topological polar surface area (TPSA) is 55.1 Å². The summed E-state index contributed by atoms with van der Waals surface area (Å²) in [5, 5.41) is 8.35. The Kier molecular flexibility index (Phi) is 2.78. The first kappa shape index (κ1) is 10.6. The number of rotatable bonds is 3. The zero-order valence-electron chi connectivity index (χ0n) is 6.90. The molecule has 0 saturated heterocycles. The summed E-state index contributed by atoms with van der Waals surface area (Å²) in [6, 6.07) is 0. The van der Waals surface area contributed by atoms with Crippen molar-refractivity contribution in [2.75, 3.05) is 0 Å². The van der Waals surface area contributed by atoms with Crippen LogP contribution in [-0.4, -0.2) is 26.8 Å². The molecule has 0 aliphatic heterocycles. The summed E-state index contributed by atoms with van der Waals surface area (Å²) in [5.41, 5.74) is 0. The maximum Gasteiger partial charge on any atom is 0.403 e. The van der Waals surface area contributed by atoms with E-state index in [0.29, 0.717) is 0 Å². The standard InChI is InChI=1S/C7H7F3N2O2/c8-7(9,10)5(6(13)14)3-12-2-1-11-4-12/h1-2,4-5H,3H2,(H,13,14). The van der Waals surface area contributed by atoms with Crippen molar-refractivity contribution in [3.8, 4) is 0 Å². The summed E-state index contributed by atoms with van der Waals surface area (Å²) in [4.78, 5) is 13.8. The smallest absolute Gasteiger partial charge is 0.403 e. The quantitative estimate of drug-likeness (QED) is 0.810. The fourth-order valence-electron chi connectivity index (χ4n) is 0.927. The van der Waals surface area contributed by atoms with Gasteiger partial charge in [0.1, 0.15) is 0 Å². The molecule has 1 aromatic rings. The van der Waals surface area contributed by atoms with Crippen LogP contribution in [0.4, 0.5) is 13.2 Å². The largest absolute Gasteiger partial charge is 0.481 e. The predicted molar refractivity (Wildman–Crippen MR) is 39.4 cm³/mol. The highest BCUT2D eigenvalue weighted by Crippen LogP contribution is 2.27. The number of carboxylic acids is 1. The molecule has 0 saturated carbocycles. The number of hydrogen-bond donors (Lipinski definition) is 1. The number of hydrogen-bond acceptors (Lipinski definition) is 2. The van der Waals surface area contributed by atoms with E-state index in [9.17, 15) is 18.0 Å². The Morgan fingerprint density at radius 3 is 2.57 bits per heavy atom. The molecule has 0 aliphatic rings. The summed E-state index contributed by atoms with van der Waals surface area (Å²) in [7, 11) is 0. The molecule has 0 aromatic carbocycles. The van der Waals surface area contributed by atoms with Crippen LogP contribution in [-0.2, 0) is 11.3 Å². The number of nitrogens with zero attached hydrogens (tertiary/aromatic N) is 2. The molecule has 1 N–H and O–H groups in total. The number of aromatic nitrogens is 2. The molecular formula is C7H7F3N2O2. The second kappa shape index (κ2) is 3.69. The zero-order valence-corrected chi connectivity index (χ0v) is 6.90. The normalized spacial score (nSPS) is 13.9. The van der Waals surface area contributed by atoms with Gasteiger partial charge < -0.3 is 9.67 Å². The van der Waals surface area contributed by atoms with Gasteiger partial charge >= 0.3 is 12.1 Å². The lowest BCUT2D eigenvalue weighted by atomic mass is 10.1. The van der Waals surface area contributed by atoms with Gasteiger partial charge in [-0.3, -0.25) is 4.79 Å². The molecule has 0 fully saturated rings. The van der Waals surface area contributed by atoms with Crippen LogP contribution in [0.3, 0.4) is 0 Å². The third-order valence-corrected chi connectivity index (χ3v) is 1.65. The van der Waals surface area contributed by atoms with Crippen molar-refractivity contribution in [1.82, 2.24) is 9.55 Å². The molecule has 7 heteroatoms. The monoisotopic (exact) mass is 208 g/mol. The van der Waals surface area contributed by atoms with E-state index < -0.39 is 24.6 Å². The van der Waals surface area contributed by atoms with Crippen LogP contribution in [0.25, 0.3) is 0 Å². The molecule has 1 heterocycles. The van der Waals surface area contributed by atoms with Crippen molar-refractivity contribution in [3.05, 3.63) is 18.7 Å². The van der Waals surface area contributed by atoms with Gasteiger partial charge in [0, 0.05) is 18.9 Å². The van der Waals surface area contributed by atoms with Gasteiger partial charge in [0.25, 0.3) is 0 Å². The number of carbonyl (C=O) groups is 1. The molecule has 14 heavy (non-hydrogen) atoms. The van der Waals surface area contributed by atoms with Crippen LogP contribution in [0.5, 0.6) is 0 Å². The molecule has 1 unspecified atom stereocenters. The third kappa shape index (κ3) is 2.48. The minimum absolute atomic E-state index is 0.654. The zero-order chi connectivity index (χ0) is 10.8. The van der Waals surface area contributed by atoms with E-state index in [1.165, 1.54) is 12.4 Å². The van der Waals surface area contributed by atoms with E-state index >= 15 is 0 Å². The highest BCUT2D eigenvalue weighted by atomic mass is 19.4. The Labute approximate surface area is 77.0 Å². The van der Waals surface area contributed by atoms with Gasteiger partial charge in [-0.25, -0.2) is 4.98 Å². The molecular weight excluding hydrogens is 201 g/mol. The lowest BCUT2D eigenvalue weighted by molar-refractivity contribution is -0.195. The van der Waals surface area contributed by atoms with Crippen molar-refractivity contribution in [2.45, 2.75) is 12.7 Å². The van der Waals surface area contributed by atoms with Gasteiger partial charge in [-0.1, -0.05) is 0 Å². The lowest BCUT2D eigenvalue weighted by Gasteiger charge is -2.15. The highest BCUT2D eigenvalue weighted by Gasteiger charge is 2.45. The fraction of sp³-hybridized carbons (Fsp3) is 0.429. The van der Waals surface area contributed by atoms with Crippen molar-refractivity contribution in [2.24, 2.45) is 5.92 Å². The molecule has 0 radical (unpaired) electrons. The van der Waals surface area contributed by atoms with Crippen molar-refractivity contribution in [3.63, 3.8) is 0 Å². The molecule has 1 rings (SSSR count). The van der Waals surface area contributed by atoms with Gasteiger partial charge in [-0.05, 0) is 0 Å². The first-order valence-corrected chi connectivity index (χ1v) is 3.66. The number of aliphatic carboxylic acids is 1. The van der Waals surface area contributed by atoms with Crippen LogP contribution in [0, 0.1) is 5.92 Å². The summed E-state index contributed by atoms with van der Waals surface area (Å²) >= 11 is 0. The molecule has 4 nitrogen and oxygen atoms in total. The summed E-state index contributed by atoms with van der Waals surface area (Å²) in [5.74, 6) is -4.28. The minimum Gasteiger partial charge on any atom is -0.481 e. The SMILES string of the molecule is O=C(O)C(Cn1ccnc1)C(F)(F)F. The first-order valence-electron chi connectivity index (χ1n) is 3.66. The van der Waals surface area contributed by atoms with Crippen LogP contribution < -0.4 is 0 Å². The molecule has 0 amide bonds. The Balaban J connectivity index is 2.76. The molecule has 1 atom stereocenters. The molecule has 78 valence electrons. The minimum atomic E-state index is -4.74. The summed E-state index contributed by atoms with van der Waals surface area (Å²) in [6.07, 6.45) is -1.03. The first-order chi connectivity index (χ1) is 6.41. The van der Waals surface area contributed by atoms with Crippen molar-refractivity contribution < 1.29 is 23.1 Å². The number of imidazole rings is 1. The van der Waals surface area contributed by atoms with Crippen molar-refractivity contribution >= 4 is 5.97 Å². The average molecular weight is 208 g/mol. The number of halogens is 3. The molecule has 1 aromatic heterocycles. The maximum atomic E-state index is 12.1. The molecule has 0 spiro atoms. The van der Waals surface area contributed by atoms with Gasteiger partial charge in [0.15, 0.2) is 5.92 Å². The molecule has 0 aliphatic carbocycles. The Hall–Kier alpha value is -1.53. The van der Waals surface area contributed by atoms with Crippen LogP contribution in [0.2, 0.25) is 0 Å². The van der Waals surface area contributed by atoms with Crippen molar-refractivity contribution in [1.29, 1.82) is 0 Å². The number of alkyl halides is 3. The summed E-state index contributed by atoms with van der Waals surface area (Å²) in [6.45, 7) is -0.654. The van der Waals surface area contributed by atoms with E-state index in [0.717, 1.165) is 10.9 Å². The van der Waals surface area contributed by atoms with Gasteiger partial charge in [-0.15, -0.1) is 0 Å². The van der Waals surface area contributed by atoms with E-state index in [1.54, 1.807) is 0 Å². The second-order valence-electron chi connectivity index (χ2n) is 2.69. The van der Waals surface area contributed by atoms with E-state index in [1.807, 2.05) is 0 Å². The van der Waals surface area contributed by atoms with Crippen LogP contribution >= 0.6 is 0 Å². The second-order valence-corrected chi connectivity index (χ2v) is 2.69. The Bertz CT molecular complexity index is 307. The van der Waals surface area contributed by atoms with Crippen LogP contribution in [0.1, 0.15) is 0 Å². The average Bonchev–Trinajstić information content (AvgIpc) is 2.48. The van der Waals surface area contributed by atoms with E-state index in [-0.39, 0.29) is 0 Å². The Morgan fingerprint density at radius 1 is 1.57 bits per heavy atom. The van der Waals surface area contributed by atoms with Gasteiger partial charge in [0.2, 0.25) is 0 Å². The Morgan fingerprint density at radius 2 is 2.21 bits per heavy atom. The maximum absolute atomic E-state index is 12.1. The molecule has 0 bridgehead atoms. The van der Waals surface area contributed by atoms with Gasteiger partial charge in [-0.2, -0.15) is 13.2 Å². The number of carboxylic acid groups (broad SMARTS) is 1.